The van der Waals surface area contributed by atoms with Crippen molar-refractivity contribution in [3.63, 3.8) is 0 Å². The Kier molecular flexibility index (Phi) is 3.95. The molecule has 2 N–H and O–H groups in total. The fourth-order valence-corrected chi connectivity index (χ4v) is 1.62. The van der Waals surface area contributed by atoms with Gasteiger partial charge in [-0.1, -0.05) is 12.1 Å². The zero-order valence-electron chi connectivity index (χ0n) is 9.42. The molecule has 1 atom stereocenters. The second-order valence-corrected chi connectivity index (χ2v) is 3.61. The molecule has 0 saturated carbocycles. The molecule has 0 aromatic heterocycles. The molecular formula is C11H11F4NO2. The molecule has 0 aliphatic rings. The van der Waals surface area contributed by atoms with Crippen LogP contribution in [0.15, 0.2) is 24.3 Å². The number of hydrogen-bond donors (Lipinski definition) is 1. The molecule has 1 aromatic rings. The number of esters is 1. The van der Waals surface area contributed by atoms with Crippen molar-refractivity contribution in [3.8, 4) is 0 Å². The molecule has 0 spiro atoms. The molecule has 0 heterocycles. The molecule has 0 fully saturated rings. The Labute approximate surface area is 101 Å². The lowest BCUT2D eigenvalue weighted by Crippen LogP contribution is -2.55. The number of ether oxygens (including phenoxy) is 1. The van der Waals surface area contributed by atoms with E-state index in [1.54, 1.807) is 0 Å². The van der Waals surface area contributed by atoms with E-state index in [-0.39, 0.29) is 0 Å². The third kappa shape index (κ3) is 2.17. The highest BCUT2D eigenvalue weighted by Crippen LogP contribution is 2.41. The third-order valence-electron chi connectivity index (χ3n) is 2.66. The summed E-state index contributed by atoms with van der Waals surface area (Å²) in [5, 5.41) is 0. The summed E-state index contributed by atoms with van der Waals surface area (Å²) in [6.07, 6.45) is -4.94. The van der Waals surface area contributed by atoms with Crippen molar-refractivity contribution in [3.05, 3.63) is 35.6 Å². The number of benzene rings is 1. The Hall–Kier alpha value is -1.63. The lowest BCUT2D eigenvalue weighted by Gasteiger charge is -2.32. The molecule has 0 radical (unpaired) electrons. The van der Waals surface area contributed by atoms with Gasteiger partial charge in [0.2, 0.25) is 0 Å². The number of nitrogens with two attached hydrogens (primary N) is 1. The van der Waals surface area contributed by atoms with Gasteiger partial charge in [0.05, 0.1) is 7.11 Å². The number of carbonyl (C=O) groups is 1. The summed E-state index contributed by atoms with van der Waals surface area (Å²) in [4.78, 5) is 11.5. The van der Waals surface area contributed by atoms with Crippen LogP contribution >= 0.6 is 0 Å². The second kappa shape index (κ2) is 4.93. The van der Waals surface area contributed by atoms with Crippen molar-refractivity contribution < 1.29 is 27.1 Å². The lowest BCUT2D eigenvalue weighted by molar-refractivity contribution is -0.205. The molecule has 18 heavy (non-hydrogen) atoms. The van der Waals surface area contributed by atoms with Crippen LogP contribution in [0.3, 0.4) is 0 Å². The van der Waals surface area contributed by atoms with E-state index in [0.717, 1.165) is 31.4 Å². The van der Waals surface area contributed by atoms with Crippen LogP contribution in [0.1, 0.15) is 5.56 Å². The second-order valence-electron chi connectivity index (χ2n) is 3.61. The van der Waals surface area contributed by atoms with Gasteiger partial charge in [-0.25, -0.2) is 4.39 Å². The molecule has 0 amide bonds. The van der Waals surface area contributed by atoms with E-state index in [1.807, 2.05) is 0 Å². The summed E-state index contributed by atoms with van der Waals surface area (Å²) in [7, 11) is 0.835. The molecule has 1 rings (SSSR count). The first-order valence-electron chi connectivity index (χ1n) is 4.91. The van der Waals surface area contributed by atoms with E-state index in [0.29, 0.717) is 0 Å². The number of methoxy groups -OCH3 is 1. The average molecular weight is 265 g/mol. The van der Waals surface area contributed by atoms with Crippen LogP contribution in [0.25, 0.3) is 0 Å². The Balaban J connectivity index is 3.45. The molecule has 7 heteroatoms. The summed E-state index contributed by atoms with van der Waals surface area (Å²) in [5.41, 5.74) is 1.70. The SMILES string of the molecule is COC(=O)C(CN)(c1ccc(F)cc1)C(F)(F)F. The summed E-state index contributed by atoms with van der Waals surface area (Å²) in [5.74, 6) is -2.24. The summed E-state index contributed by atoms with van der Waals surface area (Å²) in [6, 6.07) is 3.39. The molecule has 0 aliphatic heterocycles. The third-order valence-corrected chi connectivity index (χ3v) is 2.66. The van der Waals surface area contributed by atoms with Crippen LogP contribution in [0.5, 0.6) is 0 Å². The van der Waals surface area contributed by atoms with Crippen LogP contribution < -0.4 is 5.73 Å². The first-order chi connectivity index (χ1) is 8.29. The first kappa shape index (κ1) is 14.4. The van der Waals surface area contributed by atoms with Crippen LogP contribution in [-0.4, -0.2) is 25.8 Å². The fourth-order valence-electron chi connectivity index (χ4n) is 1.62. The molecule has 0 bridgehead atoms. The first-order valence-corrected chi connectivity index (χ1v) is 4.91. The molecular weight excluding hydrogens is 254 g/mol. The number of halogens is 4. The maximum atomic E-state index is 13.1. The minimum Gasteiger partial charge on any atom is -0.468 e. The van der Waals surface area contributed by atoms with E-state index in [2.05, 4.69) is 4.74 Å². The van der Waals surface area contributed by atoms with Crippen molar-refractivity contribution in [2.75, 3.05) is 13.7 Å². The number of alkyl halides is 3. The van der Waals surface area contributed by atoms with Crippen molar-refractivity contribution in [2.24, 2.45) is 5.73 Å². The van der Waals surface area contributed by atoms with E-state index >= 15 is 0 Å². The minimum absolute atomic E-state index is 0.453. The molecule has 1 aromatic carbocycles. The highest BCUT2D eigenvalue weighted by Gasteiger charge is 2.61. The van der Waals surface area contributed by atoms with Gasteiger partial charge in [-0.2, -0.15) is 13.2 Å². The van der Waals surface area contributed by atoms with Gasteiger partial charge < -0.3 is 10.5 Å². The highest BCUT2D eigenvalue weighted by atomic mass is 19.4. The largest absolute Gasteiger partial charge is 0.468 e. The highest BCUT2D eigenvalue weighted by molar-refractivity contribution is 5.84. The molecule has 100 valence electrons. The predicted molar refractivity (Wildman–Crippen MR) is 55.2 cm³/mol. The van der Waals surface area contributed by atoms with Crippen LogP contribution in [-0.2, 0) is 14.9 Å². The quantitative estimate of drug-likeness (QED) is 0.669. The van der Waals surface area contributed by atoms with Gasteiger partial charge >= 0.3 is 12.1 Å². The van der Waals surface area contributed by atoms with Crippen molar-refractivity contribution in [1.29, 1.82) is 0 Å². The van der Waals surface area contributed by atoms with Crippen LogP contribution in [0.2, 0.25) is 0 Å². The van der Waals surface area contributed by atoms with Crippen LogP contribution in [0.4, 0.5) is 17.6 Å². The van der Waals surface area contributed by atoms with Crippen LogP contribution in [0, 0.1) is 5.82 Å². The Morgan fingerprint density at radius 3 is 2.11 bits per heavy atom. The molecule has 0 saturated heterocycles. The molecule has 1 unspecified atom stereocenters. The zero-order chi connectivity index (χ0) is 14.0. The van der Waals surface area contributed by atoms with Gasteiger partial charge in [-0.15, -0.1) is 0 Å². The Morgan fingerprint density at radius 2 is 1.78 bits per heavy atom. The number of hydrogen-bond acceptors (Lipinski definition) is 3. The van der Waals surface area contributed by atoms with E-state index in [9.17, 15) is 22.4 Å². The maximum absolute atomic E-state index is 13.1. The fraction of sp³-hybridized carbons (Fsp3) is 0.364. The van der Waals surface area contributed by atoms with E-state index in [1.165, 1.54) is 0 Å². The monoisotopic (exact) mass is 265 g/mol. The smallest absolute Gasteiger partial charge is 0.410 e. The lowest BCUT2D eigenvalue weighted by atomic mass is 9.79. The molecule has 0 aliphatic carbocycles. The minimum atomic E-state index is -4.94. The van der Waals surface area contributed by atoms with Gasteiger partial charge in [0.15, 0.2) is 5.41 Å². The normalized spacial score (nSPS) is 15.0. The van der Waals surface area contributed by atoms with E-state index < -0.39 is 35.5 Å². The summed E-state index contributed by atoms with van der Waals surface area (Å²) < 4.78 is 56.3. The van der Waals surface area contributed by atoms with Gasteiger partial charge in [0, 0.05) is 6.54 Å². The standard InChI is InChI=1S/C11H11F4NO2/c1-18-9(17)10(6-16,11(13,14)15)7-2-4-8(12)5-3-7/h2-5H,6,16H2,1H3. The summed E-state index contributed by atoms with van der Waals surface area (Å²) in [6.45, 7) is -1.02. The van der Waals surface area contributed by atoms with Gasteiger partial charge in [0.25, 0.3) is 0 Å². The summed E-state index contributed by atoms with van der Waals surface area (Å²) >= 11 is 0. The van der Waals surface area contributed by atoms with Crippen molar-refractivity contribution in [1.82, 2.24) is 0 Å². The molecule has 3 nitrogen and oxygen atoms in total. The topological polar surface area (TPSA) is 52.3 Å². The Morgan fingerprint density at radius 1 is 1.28 bits per heavy atom. The van der Waals surface area contributed by atoms with Gasteiger partial charge in [0.1, 0.15) is 5.82 Å². The van der Waals surface area contributed by atoms with E-state index in [4.69, 9.17) is 5.73 Å². The Bertz CT molecular complexity index is 430. The number of carbonyl (C=O) groups excluding carboxylic acids is 1. The van der Waals surface area contributed by atoms with Crippen molar-refractivity contribution in [2.45, 2.75) is 11.6 Å². The van der Waals surface area contributed by atoms with Crippen molar-refractivity contribution >= 4 is 5.97 Å². The van der Waals surface area contributed by atoms with Gasteiger partial charge in [-0.05, 0) is 17.7 Å². The maximum Gasteiger partial charge on any atom is 0.410 e. The number of rotatable bonds is 3. The predicted octanol–water partition coefficient (Wildman–Crippen LogP) is 1.76. The van der Waals surface area contributed by atoms with Gasteiger partial charge in [-0.3, -0.25) is 4.79 Å². The average Bonchev–Trinajstić information content (AvgIpc) is 2.30. The zero-order valence-corrected chi connectivity index (χ0v) is 9.42.